The average Bonchev–Trinajstić information content (AvgIpc) is 2.99. The maximum absolute atomic E-state index is 6.14. The second-order valence-electron chi connectivity index (χ2n) is 6.93. The summed E-state index contributed by atoms with van der Waals surface area (Å²) in [6, 6.07) is 19.5. The number of nitrogens with one attached hydrogen (secondary N) is 1. The molecule has 0 aliphatic heterocycles. The largest absolute Gasteiger partial charge is 0.354 e. The van der Waals surface area contributed by atoms with E-state index in [9.17, 15) is 0 Å². The molecular weight excluding hydrogens is 302 g/mol. The van der Waals surface area contributed by atoms with Gasteiger partial charge in [-0.15, -0.1) is 0 Å². The van der Waals surface area contributed by atoms with Crippen LogP contribution in [-0.2, 0) is 5.41 Å². The van der Waals surface area contributed by atoms with Gasteiger partial charge in [-0.25, -0.2) is 0 Å². The van der Waals surface area contributed by atoms with Gasteiger partial charge in [0.25, 0.3) is 0 Å². The van der Waals surface area contributed by atoms with Crippen LogP contribution in [0.4, 0.5) is 0 Å². The summed E-state index contributed by atoms with van der Waals surface area (Å²) in [5.74, 6) is 0. The Morgan fingerprint density at radius 1 is 0.783 bits per heavy atom. The van der Waals surface area contributed by atoms with Crippen molar-refractivity contribution in [1.29, 1.82) is 0 Å². The Kier molecular flexibility index (Phi) is 2.40. The van der Waals surface area contributed by atoms with Crippen molar-refractivity contribution < 1.29 is 0 Å². The zero-order valence-electron chi connectivity index (χ0n) is 13.1. The van der Waals surface area contributed by atoms with Crippen LogP contribution in [0.3, 0.4) is 0 Å². The summed E-state index contributed by atoms with van der Waals surface area (Å²) in [7, 11) is 0. The van der Waals surface area contributed by atoms with E-state index >= 15 is 0 Å². The van der Waals surface area contributed by atoms with Crippen LogP contribution in [0.1, 0.15) is 25.0 Å². The molecular formula is C21H16ClN. The fourth-order valence-corrected chi connectivity index (χ4v) is 4.25. The first-order valence-electron chi connectivity index (χ1n) is 7.91. The van der Waals surface area contributed by atoms with Crippen molar-refractivity contribution in [1.82, 2.24) is 4.98 Å². The SMILES string of the molecule is CC1(C)c2ccccc2-c2cc3c(cc21)[nH]c1cc(Cl)ccc13. The lowest BCUT2D eigenvalue weighted by Crippen LogP contribution is -2.14. The van der Waals surface area contributed by atoms with Crippen molar-refractivity contribution in [3.05, 3.63) is 70.7 Å². The Balaban J connectivity index is 1.93. The van der Waals surface area contributed by atoms with Gasteiger partial charge in [0.1, 0.15) is 0 Å². The minimum Gasteiger partial charge on any atom is -0.354 e. The van der Waals surface area contributed by atoms with Crippen LogP contribution in [0, 0.1) is 0 Å². The highest BCUT2D eigenvalue weighted by Crippen LogP contribution is 2.50. The van der Waals surface area contributed by atoms with Gasteiger partial charge < -0.3 is 4.98 Å². The monoisotopic (exact) mass is 317 g/mol. The number of rotatable bonds is 0. The van der Waals surface area contributed by atoms with Crippen LogP contribution >= 0.6 is 11.6 Å². The van der Waals surface area contributed by atoms with E-state index in [1.165, 1.54) is 38.5 Å². The van der Waals surface area contributed by atoms with E-state index in [0.29, 0.717) is 0 Å². The third-order valence-electron chi connectivity index (χ3n) is 5.26. The molecule has 1 aliphatic carbocycles. The van der Waals surface area contributed by atoms with Crippen LogP contribution in [0.15, 0.2) is 54.6 Å². The standard InChI is InChI=1S/C21H16ClN/c1-21(2)17-6-4-3-5-13(17)15-10-16-14-8-7-12(22)9-19(14)23-20(16)11-18(15)21/h3-11,23H,1-2H3. The minimum atomic E-state index is 0.0368. The molecule has 0 spiro atoms. The quantitative estimate of drug-likeness (QED) is 0.393. The summed E-state index contributed by atoms with van der Waals surface area (Å²) in [5.41, 5.74) is 7.84. The first kappa shape index (κ1) is 13.2. The van der Waals surface area contributed by atoms with Crippen LogP contribution in [0.25, 0.3) is 32.9 Å². The number of halogens is 1. The van der Waals surface area contributed by atoms with E-state index in [-0.39, 0.29) is 5.41 Å². The van der Waals surface area contributed by atoms with Crippen LogP contribution in [0.2, 0.25) is 5.02 Å². The Hall–Kier alpha value is -2.25. The van der Waals surface area contributed by atoms with Gasteiger partial charge in [0, 0.05) is 32.2 Å². The third-order valence-corrected chi connectivity index (χ3v) is 5.50. The molecule has 1 aromatic heterocycles. The number of benzene rings is 3. The number of hydrogen-bond acceptors (Lipinski definition) is 0. The molecule has 23 heavy (non-hydrogen) atoms. The van der Waals surface area contributed by atoms with Gasteiger partial charge in [-0.2, -0.15) is 0 Å². The molecule has 5 rings (SSSR count). The van der Waals surface area contributed by atoms with Crippen molar-refractivity contribution in [3.8, 4) is 11.1 Å². The van der Waals surface area contributed by atoms with Gasteiger partial charge in [-0.05, 0) is 46.5 Å². The summed E-state index contributed by atoms with van der Waals surface area (Å²) in [5, 5.41) is 3.26. The second kappa shape index (κ2) is 4.18. The van der Waals surface area contributed by atoms with Crippen molar-refractivity contribution in [2.45, 2.75) is 19.3 Å². The zero-order chi connectivity index (χ0) is 15.8. The smallest absolute Gasteiger partial charge is 0.0479 e. The van der Waals surface area contributed by atoms with Crippen molar-refractivity contribution >= 4 is 33.4 Å². The highest BCUT2D eigenvalue weighted by Gasteiger charge is 2.35. The van der Waals surface area contributed by atoms with E-state index in [0.717, 1.165) is 10.5 Å². The maximum Gasteiger partial charge on any atom is 0.0479 e. The van der Waals surface area contributed by atoms with Crippen molar-refractivity contribution in [2.75, 3.05) is 0 Å². The number of H-pyrrole nitrogens is 1. The fourth-order valence-electron chi connectivity index (χ4n) is 4.07. The third kappa shape index (κ3) is 1.63. The molecule has 0 saturated carbocycles. The van der Waals surface area contributed by atoms with Gasteiger partial charge in [-0.3, -0.25) is 0 Å². The van der Waals surface area contributed by atoms with Gasteiger partial charge in [0.05, 0.1) is 0 Å². The lowest BCUT2D eigenvalue weighted by molar-refractivity contribution is 0.661. The van der Waals surface area contributed by atoms with E-state index in [4.69, 9.17) is 11.6 Å². The fraction of sp³-hybridized carbons (Fsp3) is 0.143. The number of aromatic nitrogens is 1. The number of fused-ring (bicyclic) bond motifs is 6. The number of aromatic amines is 1. The molecule has 0 saturated heterocycles. The predicted octanol–water partition coefficient (Wildman–Crippen LogP) is 6.28. The Bertz CT molecular complexity index is 1100. The summed E-state index contributed by atoms with van der Waals surface area (Å²) in [4.78, 5) is 3.53. The molecule has 0 fully saturated rings. The van der Waals surface area contributed by atoms with Crippen LogP contribution < -0.4 is 0 Å². The molecule has 0 bridgehead atoms. The molecule has 1 heterocycles. The van der Waals surface area contributed by atoms with Gasteiger partial charge in [0.2, 0.25) is 0 Å². The predicted molar refractivity (Wildman–Crippen MR) is 98.4 cm³/mol. The molecule has 0 atom stereocenters. The molecule has 1 aliphatic rings. The minimum absolute atomic E-state index is 0.0368. The highest BCUT2D eigenvalue weighted by atomic mass is 35.5. The molecule has 4 aromatic rings. The van der Waals surface area contributed by atoms with Gasteiger partial charge >= 0.3 is 0 Å². The zero-order valence-corrected chi connectivity index (χ0v) is 13.8. The van der Waals surface area contributed by atoms with Crippen LogP contribution in [-0.4, -0.2) is 4.98 Å². The van der Waals surface area contributed by atoms with Crippen molar-refractivity contribution in [3.63, 3.8) is 0 Å². The molecule has 3 aromatic carbocycles. The summed E-state index contributed by atoms with van der Waals surface area (Å²) < 4.78 is 0. The summed E-state index contributed by atoms with van der Waals surface area (Å²) in [6.45, 7) is 4.62. The molecule has 1 N–H and O–H groups in total. The summed E-state index contributed by atoms with van der Waals surface area (Å²) in [6.07, 6.45) is 0. The first-order valence-corrected chi connectivity index (χ1v) is 8.29. The number of hydrogen-bond donors (Lipinski definition) is 1. The highest BCUT2D eigenvalue weighted by molar-refractivity contribution is 6.31. The van der Waals surface area contributed by atoms with E-state index < -0.39 is 0 Å². The molecule has 0 amide bonds. The molecule has 0 radical (unpaired) electrons. The molecule has 0 unspecified atom stereocenters. The first-order chi connectivity index (χ1) is 11.1. The Morgan fingerprint density at radius 2 is 1.57 bits per heavy atom. The lowest BCUT2D eigenvalue weighted by Gasteiger charge is -2.21. The van der Waals surface area contributed by atoms with Gasteiger partial charge in [0.15, 0.2) is 0 Å². The Labute approximate surface area is 139 Å². The lowest BCUT2D eigenvalue weighted by atomic mass is 9.82. The topological polar surface area (TPSA) is 15.8 Å². The average molecular weight is 318 g/mol. The van der Waals surface area contributed by atoms with E-state index in [1.807, 2.05) is 12.1 Å². The molecule has 112 valence electrons. The summed E-state index contributed by atoms with van der Waals surface area (Å²) >= 11 is 6.14. The van der Waals surface area contributed by atoms with Crippen LogP contribution in [0.5, 0.6) is 0 Å². The molecule has 1 nitrogen and oxygen atoms in total. The second-order valence-corrected chi connectivity index (χ2v) is 7.37. The van der Waals surface area contributed by atoms with E-state index in [2.05, 4.69) is 61.3 Å². The normalized spacial score (nSPS) is 15.1. The molecule has 2 heteroatoms. The van der Waals surface area contributed by atoms with Crippen molar-refractivity contribution in [2.24, 2.45) is 0 Å². The maximum atomic E-state index is 6.14. The van der Waals surface area contributed by atoms with Gasteiger partial charge in [-0.1, -0.05) is 55.8 Å². The Morgan fingerprint density at radius 3 is 2.43 bits per heavy atom. The van der Waals surface area contributed by atoms with E-state index in [1.54, 1.807) is 0 Å².